The molecule has 0 fully saturated rings. The van der Waals surface area contributed by atoms with Gasteiger partial charge in [-0.05, 0) is 30.7 Å². The number of nitriles is 1. The van der Waals surface area contributed by atoms with Crippen molar-refractivity contribution < 1.29 is 20.4 Å². The standard InChI is InChI=1S/C11H8N2O.C4H11NO3.Al.3H/c1-7-4-5-13-11-9(14)3-2-8(6-12)10(7)11;5-4(1-6,2-7)3-8;;;;/h2-5,14H,1H3;6-8H,1-3,5H2;;;;. The maximum atomic E-state index is 9.54. The van der Waals surface area contributed by atoms with E-state index in [9.17, 15) is 5.11 Å². The van der Waals surface area contributed by atoms with E-state index in [-0.39, 0.29) is 23.1 Å². The predicted octanol–water partition coefficient (Wildman–Crippen LogP) is -1.40. The molecule has 0 aliphatic rings. The number of hydrogen-bond acceptors (Lipinski definition) is 7. The van der Waals surface area contributed by atoms with Crippen LogP contribution in [0.4, 0.5) is 0 Å². The molecular weight excluding hydrogens is 313 g/mol. The van der Waals surface area contributed by atoms with Crippen LogP contribution in [0.15, 0.2) is 24.4 Å². The molecule has 0 amide bonds. The molecule has 0 aliphatic heterocycles. The molecule has 0 unspecified atom stereocenters. The van der Waals surface area contributed by atoms with Crippen molar-refractivity contribution in [2.45, 2.75) is 12.5 Å². The van der Waals surface area contributed by atoms with Crippen LogP contribution in [0.1, 0.15) is 11.1 Å². The van der Waals surface area contributed by atoms with Gasteiger partial charge in [-0.25, -0.2) is 0 Å². The van der Waals surface area contributed by atoms with Crippen LogP contribution in [-0.2, 0) is 0 Å². The summed E-state index contributed by atoms with van der Waals surface area (Å²) in [6.07, 6.45) is 1.62. The minimum Gasteiger partial charge on any atom is -0.506 e. The molecule has 1 aromatic carbocycles. The fourth-order valence-corrected chi connectivity index (χ4v) is 1.66. The van der Waals surface area contributed by atoms with E-state index in [1.165, 1.54) is 6.07 Å². The zero-order valence-corrected chi connectivity index (χ0v) is 12.2. The molecule has 0 radical (unpaired) electrons. The number of pyridine rings is 1. The number of aromatic nitrogens is 1. The SMILES string of the molecule is Cc1ccnc2c(O)ccc(C#N)c12.NC(CO)(CO)CO.[AlH3]. The van der Waals surface area contributed by atoms with Gasteiger partial charge < -0.3 is 26.2 Å². The van der Waals surface area contributed by atoms with Crippen LogP contribution < -0.4 is 5.73 Å². The first-order valence-electron chi connectivity index (χ1n) is 6.51. The Kier molecular flexibility index (Phi) is 8.74. The van der Waals surface area contributed by atoms with E-state index in [0.29, 0.717) is 11.1 Å². The first-order valence-corrected chi connectivity index (χ1v) is 6.51. The van der Waals surface area contributed by atoms with Gasteiger partial charge in [-0.15, -0.1) is 0 Å². The maximum absolute atomic E-state index is 9.54. The van der Waals surface area contributed by atoms with Crippen molar-refractivity contribution in [2.24, 2.45) is 5.73 Å². The molecule has 2 rings (SSSR count). The van der Waals surface area contributed by atoms with Crippen LogP contribution in [0.25, 0.3) is 10.9 Å². The highest BCUT2D eigenvalue weighted by Gasteiger charge is 2.20. The van der Waals surface area contributed by atoms with Crippen LogP contribution in [0.5, 0.6) is 5.75 Å². The second kappa shape index (κ2) is 9.44. The molecule has 1 aromatic heterocycles. The number of aromatic hydroxyl groups is 1. The van der Waals surface area contributed by atoms with E-state index < -0.39 is 25.4 Å². The van der Waals surface area contributed by atoms with Gasteiger partial charge >= 0.3 is 0 Å². The van der Waals surface area contributed by atoms with Crippen LogP contribution in [0.3, 0.4) is 0 Å². The molecular formula is C15H22AlN3O4. The van der Waals surface area contributed by atoms with Crippen molar-refractivity contribution in [3.8, 4) is 11.8 Å². The molecule has 0 saturated carbocycles. The lowest BCUT2D eigenvalue weighted by Crippen LogP contribution is -2.50. The number of nitrogens with two attached hydrogens (primary N) is 1. The molecule has 1 heterocycles. The lowest BCUT2D eigenvalue weighted by Gasteiger charge is -2.20. The third kappa shape index (κ3) is 5.16. The Morgan fingerprint density at radius 3 is 2.17 bits per heavy atom. The Morgan fingerprint density at radius 2 is 1.74 bits per heavy atom. The summed E-state index contributed by atoms with van der Waals surface area (Å²) in [5.41, 5.74) is 5.92. The summed E-state index contributed by atoms with van der Waals surface area (Å²) in [5, 5.41) is 44.2. The number of aliphatic hydroxyl groups excluding tert-OH is 3. The topological polar surface area (TPSA) is 144 Å². The average Bonchev–Trinajstić information content (AvgIpc) is 2.56. The average molecular weight is 335 g/mol. The molecule has 2 aromatic rings. The smallest absolute Gasteiger partial charge is 0.187 e. The highest BCUT2D eigenvalue weighted by atomic mass is 27.0. The van der Waals surface area contributed by atoms with E-state index in [1.807, 2.05) is 13.0 Å². The minimum absolute atomic E-state index is 0. The van der Waals surface area contributed by atoms with Crippen LogP contribution in [0, 0.1) is 18.3 Å². The van der Waals surface area contributed by atoms with Gasteiger partial charge in [0.15, 0.2) is 17.4 Å². The molecule has 0 saturated heterocycles. The van der Waals surface area contributed by atoms with E-state index in [4.69, 9.17) is 26.3 Å². The van der Waals surface area contributed by atoms with Crippen LogP contribution in [-0.4, -0.2) is 68.1 Å². The van der Waals surface area contributed by atoms with Gasteiger partial charge in [0, 0.05) is 11.6 Å². The van der Waals surface area contributed by atoms with Crippen LogP contribution in [0.2, 0.25) is 0 Å². The number of nitrogens with zero attached hydrogens (tertiary/aromatic N) is 2. The molecule has 0 aliphatic carbocycles. The van der Waals surface area contributed by atoms with Crippen molar-refractivity contribution in [3.63, 3.8) is 0 Å². The van der Waals surface area contributed by atoms with Crippen molar-refractivity contribution >= 4 is 28.3 Å². The summed E-state index contributed by atoms with van der Waals surface area (Å²) in [6, 6.07) is 7.01. The molecule has 0 bridgehead atoms. The zero-order valence-electron chi connectivity index (χ0n) is 12.2. The Morgan fingerprint density at radius 1 is 1.17 bits per heavy atom. The Hall–Kier alpha value is -1.71. The number of hydrogen-bond donors (Lipinski definition) is 5. The Bertz CT molecular complexity index is 676. The van der Waals surface area contributed by atoms with Gasteiger partial charge in [-0.2, -0.15) is 5.26 Å². The summed E-state index contributed by atoms with van der Waals surface area (Å²) in [7, 11) is 0. The Labute approximate surface area is 144 Å². The summed E-state index contributed by atoms with van der Waals surface area (Å²) in [4.78, 5) is 4.05. The van der Waals surface area contributed by atoms with E-state index in [2.05, 4.69) is 11.1 Å². The molecule has 23 heavy (non-hydrogen) atoms. The van der Waals surface area contributed by atoms with Gasteiger partial charge in [-0.3, -0.25) is 4.98 Å². The quantitative estimate of drug-likeness (QED) is 0.434. The lowest BCUT2D eigenvalue weighted by molar-refractivity contribution is 0.0698. The van der Waals surface area contributed by atoms with Crippen LogP contribution >= 0.6 is 0 Å². The van der Waals surface area contributed by atoms with Crippen molar-refractivity contribution in [1.29, 1.82) is 5.26 Å². The largest absolute Gasteiger partial charge is 0.506 e. The van der Waals surface area contributed by atoms with Gasteiger partial charge in [0.25, 0.3) is 0 Å². The summed E-state index contributed by atoms with van der Waals surface area (Å²) in [5.74, 6) is 0.114. The first-order chi connectivity index (χ1) is 10.4. The maximum Gasteiger partial charge on any atom is 0.187 e. The minimum atomic E-state index is -1.21. The zero-order chi connectivity index (χ0) is 16.8. The Balaban J connectivity index is 0.000000469. The van der Waals surface area contributed by atoms with Gasteiger partial charge in [0.1, 0.15) is 11.3 Å². The molecule has 6 N–H and O–H groups in total. The van der Waals surface area contributed by atoms with Gasteiger partial charge in [-0.1, -0.05) is 0 Å². The number of aryl methyl sites for hydroxylation is 1. The normalized spacial score (nSPS) is 10.3. The second-order valence-electron chi connectivity index (χ2n) is 4.93. The number of aliphatic hydroxyl groups is 3. The monoisotopic (exact) mass is 335 g/mol. The number of phenols is 1. The highest BCUT2D eigenvalue weighted by molar-refractivity contribution is 5.91. The van der Waals surface area contributed by atoms with Gasteiger partial charge in [0.2, 0.25) is 0 Å². The van der Waals surface area contributed by atoms with Gasteiger partial charge in [0.05, 0.1) is 37.0 Å². The molecule has 7 nitrogen and oxygen atoms in total. The highest BCUT2D eigenvalue weighted by Crippen LogP contribution is 2.27. The number of benzene rings is 1. The van der Waals surface area contributed by atoms with Crippen molar-refractivity contribution in [1.82, 2.24) is 4.98 Å². The fraction of sp³-hybridized carbons (Fsp3) is 0.333. The molecule has 0 spiro atoms. The third-order valence-electron chi connectivity index (χ3n) is 3.14. The van der Waals surface area contributed by atoms with Crippen molar-refractivity contribution in [3.05, 3.63) is 35.5 Å². The molecule has 0 atom stereocenters. The second-order valence-corrected chi connectivity index (χ2v) is 4.93. The predicted molar refractivity (Wildman–Crippen MR) is 91.0 cm³/mol. The van der Waals surface area contributed by atoms with Crippen molar-refractivity contribution in [2.75, 3.05) is 19.8 Å². The van der Waals surface area contributed by atoms with E-state index in [0.717, 1.165) is 10.9 Å². The van der Waals surface area contributed by atoms with E-state index in [1.54, 1.807) is 12.3 Å². The lowest BCUT2D eigenvalue weighted by atomic mass is 10.0. The number of fused-ring (bicyclic) bond motifs is 1. The first kappa shape index (κ1) is 21.3. The molecule has 124 valence electrons. The number of rotatable bonds is 3. The molecule has 8 heteroatoms. The summed E-state index contributed by atoms with van der Waals surface area (Å²) >= 11 is 0. The third-order valence-corrected chi connectivity index (χ3v) is 3.14. The summed E-state index contributed by atoms with van der Waals surface area (Å²) < 4.78 is 0. The summed E-state index contributed by atoms with van der Waals surface area (Å²) in [6.45, 7) is 0.685. The fourth-order valence-electron chi connectivity index (χ4n) is 1.66. The number of phenolic OH excluding ortho intramolecular Hbond substituents is 1. The van der Waals surface area contributed by atoms with E-state index >= 15 is 0 Å².